The molecular formula is C19H16Cl2FN3O3. The molecule has 0 unspecified atom stereocenters. The third-order valence-corrected chi connectivity index (χ3v) is 5.75. The minimum atomic E-state index is -2.29. The lowest BCUT2D eigenvalue weighted by Gasteiger charge is -2.38. The predicted octanol–water partition coefficient (Wildman–Crippen LogP) is 3.60. The van der Waals surface area contributed by atoms with Gasteiger partial charge in [0.25, 0.3) is 5.91 Å². The number of amides is 2. The summed E-state index contributed by atoms with van der Waals surface area (Å²) in [6.07, 6.45) is 0.913. The van der Waals surface area contributed by atoms with Gasteiger partial charge in [-0.05, 0) is 36.6 Å². The molecule has 1 spiro atoms. The Bertz CT molecular complexity index is 973. The number of alkyl carbamates (subject to hydrolysis) is 1. The van der Waals surface area contributed by atoms with Gasteiger partial charge in [0.15, 0.2) is 5.60 Å². The first-order chi connectivity index (χ1) is 13.3. The second-order valence-electron chi connectivity index (χ2n) is 6.86. The molecule has 2 heterocycles. The van der Waals surface area contributed by atoms with Crippen molar-refractivity contribution in [1.82, 2.24) is 15.6 Å². The number of pyridine rings is 1. The summed E-state index contributed by atoms with van der Waals surface area (Å²) >= 11 is 12.0. The van der Waals surface area contributed by atoms with Gasteiger partial charge in [-0.15, -0.1) is 0 Å². The van der Waals surface area contributed by atoms with E-state index in [-0.39, 0.29) is 37.2 Å². The highest BCUT2D eigenvalue weighted by Gasteiger charge is 2.56. The maximum atomic E-state index is 15.9. The number of halogens is 3. The molecule has 1 aliphatic carbocycles. The third-order valence-electron chi connectivity index (χ3n) is 5.16. The Morgan fingerprint density at radius 2 is 2.14 bits per heavy atom. The van der Waals surface area contributed by atoms with E-state index in [2.05, 4.69) is 15.6 Å². The number of hydrogen-bond donors (Lipinski definition) is 2. The van der Waals surface area contributed by atoms with E-state index in [1.807, 2.05) is 0 Å². The Labute approximate surface area is 170 Å². The lowest BCUT2D eigenvalue weighted by atomic mass is 9.74. The van der Waals surface area contributed by atoms with Gasteiger partial charge in [0.05, 0.1) is 12.2 Å². The van der Waals surface area contributed by atoms with Crippen molar-refractivity contribution in [3.8, 4) is 0 Å². The summed E-state index contributed by atoms with van der Waals surface area (Å²) in [7, 11) is 0. The standard InChI is InChI=1S/C19H16Cl2FN3O3/c20-12-4-3-11(14(21)8-12)9-24-16(26)19(22)6-5-18(10-25-17(27)28-18)15-13(19)2-1-7-23-15/h1-4,7-8H,5-6,9-10H2,(H,24,26)(H,25,27)/t18-,19+/m1/s1. The number of nitrogens with zero attached hydrogens (tertiary/aromatic N) is 1. The quantitative estimate of drug-likeness (QED) is 0.789. The molecule has 2 aromatic rings. The largest absolute Gasteiger partial charge is 0.434 e. The highest BCUT2D eigenvalue weighted by atomic mass is 35.5. The van der Waals surface area contributed by atoms with Crippen molar-refractivity contribution in [3.05, 3.63) is 63.4 Å². The van der Waals surface area contributed by atoms with Crippen LogP contribution in [0.4, 0.5) is 9.18 Å². The Balaban J connectivity index is 1.60. The summed E-state index contributed by atoms with van der Waals surface area (Å²) in [6, 6.07) is 7.93. The Morgan fingerprint density at radius 1 is 1.32 bits per heavy atom. The molecule has 0 saturated carbocycles. The zero-order chi connectivity index (χ0) is 19.9. The van der Waals surface area contributed by atoms with Crippen LogP contribution < -0.4 is 10.6 Å². The Morgan fingerprint density at radius 3 is 2.86 bits per heavy atom. The van der Waals surface area contributed by atoms with Gasteiger partial charge >= 0.3 is 6.09 Å². The molecule has 146 valence electrons. The Kier molecular flexibility index (Phi) is 4.67. The number of aromatic nitrogens is 1. The van der Waals surface area contributed by atoms with Crippen molar-refractivity contribution in [2.75, 3.05) is 6.54 Å². The molecule has 1 aliphatic heterocycles. The van der Waals surface area contributed by atoms with Crippen LogP contribution >= 0.6 is 23.2 Å². The number of carbonyl (C=O) groups excluding carboxylic acids is 2. The van der Waals surface area contributed by atoms with Crippen molar-refractivity contribution in [2.45, 2.75) is 30.7 Å². The van der Waals surface area contributed by atoms with Crippen LogP contribution in [0, 0.1) is 0 Å². The fraction of sp³-hybridized carbons (Fsp3) is 0.316. The minimum absolute atomic E-state index is 0.0534. The number of benzene rings is 1. The normalized spacial score (nSPS) is 25.8. The summed E-state index contributed by atoms with van der Waals surface area (Å²) in [4.78, 5) is 28.6. The van der Waals surface area contributed by atoms with Crippen molar-refractivity contribution in [3.63, 3.8) is 0 Å². The summed E-state index contributed by atoms with van der Waals surface area (Å²) in [5.74, 6) is -0.792. The van der Waals surface area contributed by atoms with E-state index in [0.717, 1.165) is 0 Å². The van der Waals surface area contributed by atoms with Gasteiger partial charge in [-0.2, -0.15) is 0 Å². The fourth-order valence-corrected chi connectivity index (χ4v) is 4.14. The lowest BCUT2D eigenvalue weighted by Crippen LogP contribution is -2.49. The molecular weight excluding hydrogens is 408 g/mol. The first-order valence-corrected chi connectivity index (χ1v) is 9.44. The van der Waals surface area contributed by atoms with Gasteiger partial charge in [0.1, 0.15) is 0 Å². The van der Waals surface area contributed by atoms with Crippen molar-refractivity contribution in [1.29, 1.82) is 0 Å². The smallest absolute Gasteiger partial charge is 0.408 e. The zero-order valence-corrected chi connectivity index (χ0v) is 16.1. The number of ether oxygens (including phenoxy) is 1. The third kappa shape index (κ3) is 3.08. The number of fused-ring (bicyclic) bond motifs is 2. The maximum Gasteiger partial charge on any atom is 0.408 e. The average Bonchev–Trinajstić information content (AvgIpc) is 3.06. The molecule has 1 aromatic heterocycles. The topological polar surface area (TPSA) is 80.3 Å². The van der Waals surface area contributed by atoms with Crippen LogP contribution in [0.25, 0.3) is 0 Å². The molecule has 1 fully saturated rings. The predicted molar refractivity (Wildman–Crippen MR) is 101 cm³/mol. The molecule has 6 nitrogen and oxygen atoms in total. The average molecular weight is 424 g/mol. The molecule has 1 aromatic carbocycles. The van der Waals surface area contributed by atoms with E-state index in [1.54, 1.807) is 24.3 Å². The van der Waals surface area contributed by atoms with Crippen LogP contribution in [0.5, 0.6) is 0 Å². The van der Waals surface area contributed by atoms with Crippen LogP contribution in [0.1, 0.15) is 29.7 Å². The summed E-state index contributed by atoms with van der Waals surface area (Å²) in [6.45, 7) is 0.242. The number of nitrogens with one attached hydrogen (secondary N) is 2. The summed E-state index contributed by atoms with van der Waals surface area (Å²) < 4.78 is 21.3. The second-order valence-corrected chi connectivity index (χ2v) is 7.70. The van der Waals surface area contributed by atoms with Gasteiger partial charge in [0, 0.05) is 28.4 Å². The molecule has 0 bridgehead atoms. The molecule has 2 N–H and O–H groups in total. The summed E-state index contributed by atoms with van der Waals surface area (Å²) in [5.41, 5.74) is -2.35. The van der Waals surface area contributed by atoms with E-state index in [0.29, 0.717) is 15.6 Å². The van der Waals surface area contributed by atoms with E-state index in [9.17, 15) is 9.59 Å². The lowest BCUT2D eigenvalue weighted by molar-refractivity contribution is -0.136. The zero-order valence-electron chi connectivity index (χ0n) is 14.6. The molecule has 4 rings (SSSR count). The van der Waals surface area contributed by atoms with Crippen LogP contribution in [0.15, 0.2) is 36.5 Å². The fourth-order valence-electron chi connectivity index (χ4n) is 3.67. The van der Waals surface area contributed by atoms with E-state index >= 15 is 4.39 Å². The van der Waals surface area contributed by atoms with Crippen molar-refractivity contribution >= 4 is 35.2 Å². The van der Waals surface area contributed by atoms with Gasteiger partial charge in [-0.3, -0.25) is 9.78 Å². The highest BCUT2D eigenvalue weighted by Crippen LogP contribution is 2.48. The highest BCUT2D eigenvalue weighted by molar-refractivity contribution is 6.35. The minimum Gasteiger partial charge on any atom is -0.434 e. The van der Waals surface area contributed by atoms with Gasteiger partial charge in [-0.25, -0.2) is 9.18 Å². The van der Waals surface area contributed by atoms with E-state index in [1.165, 1.54) is 12.3 Å². The molecule has 9 heteroatoms. The molecule has 28 heavy (non-hydrogen) atoms. The second kappa shape index (κ2) is 6.90. The molecule has 2 aliphatic rings. The number of carbonyl (C=O) groups is 2. The van der Waals surface area contributed by atoms with Gasteiger partial charge < -0.3 is 15.4 Å². The number of alkyl halides is 1. The first kappa shape index (κ1) is 19.0. The Hall–Kier alpha value is -2.38. The molecule has 1 saturated heterocycles. The van der Waals surface area contributed by atoms with Crippen molar-refractivity contribution in [2.24, 2.45) is 0 Å². The molecule has 2 atom stereocenters. The molecule has 2 amide bonds. The van der Waals surface area contributed by atoms with Crippen LogP contribution in [0.3, 0.4) is 0 Å². The maximum absolute atomic E-state index is 15.9. The van der Waals surface area contributed by atoms with E-state index < -0.39 is 23.3 Å². The van der Waals surface area contributed by atoms with Crippen molar-refractivity contribution < 1.29 is 18.7 Å². The van der Waals surface area contributed by atoms with Crippen LogP contribution in [-0.2, 0) is 27.3 Å². The number of hydrogen-bond acceptors (Lipinski definition) is 4. The summed E-state index contributed by atoms with van der Waals surface area (Å²) in [5, 5.41) is 6.05. The van der Waals surface area contributed by atoms with Gasteiger partial charge in [0.2, 0.25) is 5.67 Å². The SMILES string of the molecule is O=C1NC[C@@]2(CC[C@@](F)(C(=O)NCc3ccc(Cl)cc3Cl)c3cccnc32)O1. The molecule has 0 radical (unpaired) electrons. The van der Waals surface area contributed by atoms with Crippen LogP contribution in [-0.4, -0.2) is 23.5 Å². The first-order valence-electron chi connectivity index (χ1n) is 8.68. The monoisotopic (exact) mass is 423 g/mol. The van der Waals surface area contributed by atoms with Gasteiger partial charge in [-0.1, -0.05) is 35.3 Å². The van der Waals surface area contributed by atoms with E-state index in [4.69, 9.17) is 27.9 Å². The van der Waals surface area contributed by atoms with Crippen LogP contribution in [0.2, 0.25) is 10.0 Å². The number of rotatable bonds is 3.